The summed E-state index contributed by atoms with van der Waals surface area (Å²) in [5.74, 6) is 1.07. The Morgan fingerprint density at radius 3 is 2.82 bits per heavy atom. The number of nitrogens with zero attached hydrogens (tertiary/aromatic N) is 1. The molecule has 5 fully saturated rings. The van der Waals surface area contributed by atoms with Crippen molar-refractivity contribution in [3.8, 4) is 0 Å². The lowest BCUT2D eigenvalue weighted by Gasteiger charge is -2.44. The molecule has 2 aliphatic heterocycles. The van der Waals surface area contributed by atoms with Gasteiger partial charge in [-0.05, 0) is 31.1 Å². The Balaban J connectivity index is 1.59. The molecule has 0 spiro atoms. The molecule has 2 bridgehead atoms. The molecule has 4 heteroatoms. The van der Waals surface area contributed by atoms with Gasteiger partial charge >= 0.3 is 0 Å². The predicted octanol–water partition coefficient (Wildman–Crippen LogP) is 2.08. The van der Waals surface area contributed by atoms with Gasteiger partial charge in [0.2, 0.25) is 5.91 Å². The summed E-state index contributed by atoms with van der Waals surface area (Å²) in [6.45, 7) is 3.93. The zero-order chi connectivity index (χ0) is 15.1. The number of carbonyl (C=O) groups excluding carboxylic acids is 1. The number of aliphatic hydroxyl groups is 1. The Morgan fingerprint density at radius 2 is 2.09 bits per heavy atom. The third kappa shape index (κ3) is 1.35. The fourth-order valence-electron chi connectivity index (χ4n) is 6.63. The van der Waals surface area contributed by atoms with E-state index in [0.717, 1.165) is 19.3 Å². The maximum absolute atomic E-state index is 13.2. The topological polar surface area (TPSA) is 49.8 Å². The van der Waals surface area contributed by atoms with Gasteiger partial charge in [-0.15, -0.1) is 6.58 Å². The molecule has 0 radical (unpaired) electrons. The number of amides is 1. The van der Waals surface area contributed by atoms with E-state index in [1.807, 2.05) is 6.08 Å². The number of ether oxygens (including phenoxy) is 1. The lowest BCUT2D eigenvalue weighted by Crippen LogP contribution is -2.55. The third-order valence-corrected chi connectivity index (χ3v) is 7.22. The molecule has 2 heterocycles. The highest BCUT2D eigenvalue weighted by Gasteiger charge is 2.78. The first-order chi connectivity index (χ1) is 10.7. The van der Waals surface area contributed by atoms with Gasteiger partial charge in [-0.1, -0.05) is 25.3 Å². The summed E-state index contributed by atoms with van der Waals surface area (Å²) in [6, 6.07) is 0.335. The van der Waals surface area contributed by atoms with Gasteiger partial charge in [-0.3, -0.25) is 4.79 Å². The van der Waals surface area contributed by atoms with Crippen LogP contribution in [0, 0.1) is 23.7 Å². The maximum atomic E-state index is 13.2. The molecular formula is C18H25NO3. The van der Waals surface area contributed by atoms with Gasteiger partial charge in [0.05, 0.1) is 18.1 Å². The number of rotatable bonds is 3. The van der Waals surface area contributed by atoms with Crippen molar-refractivity contribution in [1.29, 1.82) is 0 Å². The van der Waals surface area contributed by atoms with E-state index in [1.165, 1.54) is 19.3 Å². The van der Waals surface area contributed by atoms with E-state index in [4.69, 9.17) is 4.74 Å². The summed E-state index contributed by atoms with van der Waals surface area (Å²) < 4.78 is 6.49. The van der Waals surface area contributed by atoms with Crippen LogP contribution >= 0.6 is 0 Å². The van der Waals surface area contributed by atoms with Crippen LogP contribution in [-0.4, -0.2) is 39.9 Å². The molecule has 0 aromatic rings. The van der Waals surface area contributed by atoms with Crippen molar-refractivity contribution in [3.05, 3.63) is 12.7 Å². The average molecular weight is 303 g/mol. The zero-order valence-corrected chi connectivity index (χ0v) is 13.0. The summed E-state index contributed by atoms with van der Waals surface area (Å²) in [7, 11) is 0. The molecule has 3 saturated carbocycles. The highest BCUT2D eigenvalue weighted by Crippen LogP contribution is 2.69. The number of carbonyl (C=O) groups is 1. The van der Waals surface area contributed by atoms with Gasteiger partial charge in [-0.25, -0.2) is 0 Å². The highest BCUT2D eigenvalue weighted by atomic mass is 16.6. The second kappa shape index (κ2) is 4.35. The molecule has 1 amide bonds. The van der Waals surface area contributed by atoms with E-state index in [-0.39, 0.29) is 23.8 Å². The van der Waals surface area contributed by atoms with Crippen LogP contribution in [0.5, 0.6) is 0 Å². The minimum Gasteiger partial charge on any atom is -0.390 e. The Bertz CT molecular complexity index is 528. The predicted molar refractivity (Wildman–Crippen MR) is 80.7 cm³/mol. The van der Waals surface area contributed by atoms with Crippen LogP contribution in [0.25, 0.3) is 0 Å². The molecule has 22 heavy (non-hydrogen) atoms. The summed E-state index contributed by atoms with van der Waals surface area (Å²) >= 11 is 0. The van der Waals surface area contributed by atoms with Gasteiger partial charge in [0.25, 0.3) is 0 Å². The molecule has 120 valence electrons. The van der Waals surface area contributed by atoms with Crippen molar-refractivity contribution in [2.75, 3.05) is 0 Å². The van der Waals surface area contributed by atoms with Crippen molar-refractivity contribution in [3.63, 3.8) is 0 Å². The minimum atomic E-state index is -0.493. The second-order valence-electron chi connectivity index (χ2n) is 8.03. The van der Waals surface area contributed by atoms with Gasteiger partial charge in [0.15, 0.2) is 5.72 Å². The molecule has 5 aliphatic rings. The fraction of sp³-hybridized carbons (Fsp3) is 0.833. The molecular weight excluding hydrogens is 278 g/mol. The SMILES string of the molecule is C=CCC12OC3C(O)C4CC3C1C4C(=O)N2C1CCCCC1. The van der Waals surface area contributed by atoms with E-state index < -0.39 is 11.8 Å². The molecule has 0 aromatic carbocycles. The first-order valence-electron chi connectivity index (χ1n) is 8.99. The number of fused-ring (bicyclic) bond motifs is 2. The maximum Gasteiger partial charge on any atom is 0.229 e. The van der Waals surface area contributed by atoms with E-state index >= 15 is 0 Å². The van der Waals surface area contributed by atoms with Crippen molar-refractivity contribution in [2.24, 2.45) is 23.7 Å². The number of aliphatic hydroxyl groups excluding tert-OH is 1. The van der Waals surface area contributed by atoms with E-state index in [0.29, 0.717) is 24.3 Å². The molecule has 7 atom stereocenters. The molecule has 4 nitrogen and oxygen atoms in total. The first kappa shape index (κ1) is 13.6. The summed E-state index contributed by atoms with van der Waals surface area (Å²) in [4.78, 5) is 15.4. The van der Waals surface area contributed by atoms with Gasteiger partial charge < -0.3 is 14.7 Å². The smallest absolute Gasteiger partial charge is 0.229 e. The van der Waals surface area contributed by atoms with Gasteiger partial charge in [0, 0.05) is 18.4 Å². The van der Waals surface area contributed by atoms with Crippen molar-refractivity contribution >= 4 is 5.91 Å². The molecule has 7 unspecified atom stereocenters. The minimum absolute atomic E-state index is 0.000580. The largest absolute Gasteiger partial charge is 0.390 e. The van der Waals surface area contributed by atoms with Crippen LogP contribution in [0.15, 0.2) is 12.7 Å². The second-order valence-corrected chi connectivity index (χ2v) is 8.03. The van der Waals surface area contributed by atoms with Crippen LogP contribution < -0.4 is 0 Å². The van der Waals surface area contributed by atoms with E-state index in [2.05, 4.69) is 11.5 Å². The lowest BCUT2D eigenvalue weighted by atomic mass is 9.76. The van der Waals surface area contributed by atoms with Crippen molar-refractivity contribution in [1.82, 2.24) is 4.90 Å². The monoisotopic (exact) mass is 303 g/mol. The summed E-state index contributed by atoms with van der Waals surface area (Å²) in [6.07, 6.45) is 9.04. The first-order valence-corrected chi connectivity index (χ1v) is 8.99. The van der Waals surface area contributed by atoms with Gasteiger partial charge in [-0.2, -0.15) is 0 Å². The van der Waals surface area contributed by atoms with E-state index in [9.17, 15) is 9.90 Å². The van der Waals surface area contributed by atoms with Crippen molar-refractivity contribution < 1.29 is 14.6 Å². The Labute approximate surface area is 131 Å². The quantitative estimate of drug-likeness (QED) is 0.812. The number of hydrogen-bond acceptors (Lipinski definition) is 3. The summed E-state index contributed by atoms with van der Waals surface area (Å²) in [5, 5.41) is 10.5. The van der Waals surface area contributed by atoms with Crippen LogP contribution in [0.4, 0.5) is 0 Å². The molecule has 5 rings (SSSR count). The van der Waals surface area contributed by atoms with E-state index in [1.54, 1.807) is 0 Å². The van der Waals surface area contributed by atoms with Crippen molar-refractivity contribution in [2.45, 2.75) is 68.9 Å². The number of hydrogen-bond donors (Lipinski definition) is 1. The lowest BCUT2D eigenvalue weighted by molar-refractivity contribution is -0.187. The molecule has 0 aromatic heterocycles. The Hall–Kier alpha value is -0.870. The normalized spacial score (nSPS) is 52.8. The fourth-order valence-corrected chi connectivity index (χ4v) is 6.63. The zero-order valence-electron chi connectivity index (χ0n) is 13.0. The Morgan fingerprint density at radius 1 is 1.32 bits per heavy atom. The Kier molecular flexibility index (Phi) is 2.68. The van der Waals surface area contributed by atoms with Crippen LogP contribution in [0.3, 0.4) is 0 Å². The number of likely N-dealkylation sites (tertiary alicyclic amines) is 1. The third-order valence-electron chi connectivity index (χ3n) is 7.22. The molecule has 1 N–H and O–H groups in total. The standard InChI is InChI=1S/C18H25NO3/c1-2-8-18-14-12-9-11(15(20)16(12)22-18)13(14)17(21)19(18)10-6-4-3-5-7-10/h2,10-16,20H,1,3-9H2. The highest BCUT2D eigenvalue weighted by molar-refractivity contribution is 5.85. The molecule has 3 aliphatic carbocycles. The summed E-state index contributed by atoms with van der Waals surface area (Å²) in [5.41, 5.74) is -0.493. The van der Waals surface area contributed by atoms with Gasteiger partial charge in [0.1, 0.15) is 0 Å². The van der Waals surface area contributed by atoms with Crippen LogP contribution in [-0.2, 0) is 9.53 Å². The van der Waals surface area contributed by atoms with Crippen LogP contribution in [0.1, 0.15) is 44.9 Å². The molecule has 2 saturated heterocycles. The van der Waals surface area contributed by atoms with Crippen LogP contribution in [0.2, 0.25) is 0 Å². The average Bonchev–Trinajstić information content (AvgIpc) is 3.17.